The van der Waals surface area contributed by atoms with Crippen molar-refractivity contribution in [1.29, 1.82) is 0 Å². The molecule has 7 nitrogen and oxygen atoms in total. The largest absolute Gasteiger partial charge is 0.330 e. The number of hydrogen-bond acceptors (Lipinski definition) is 4. The summed E-state index contributed by atoms with van der Waals surface area (Å²) in [6.07, 6.45) is 0.538. The second-order valence-electron chi connectivity index (χ2n) is 8.15. The molecule has 152 valence electrons. The van der Waals surface area contributed by atoms with Crippen LogP contribution in [0.25, 0.3) is 0 Å². The fourth-order valence-electron chi connectivity index (χ4n) is 4.62. The van der Waals surface area contributed by atoms with Gasteiger partial charge in [0.2, 0.25) is 11.8 Å². The van der Waals surface area contributed by atoms with Crippen LogP contribution in [0.3, 0.4) is 0 Å². The summed E-state index contributed by atoms with van der Waals surface area (Å²) in [4.78, 5) is 52.8. The number of carbonyl (C=O) groups excluding carboxylic acids is 4. The average molecular weight is 403 g/mol. The van der Waals surface area contributed by atoms with Crippen LogP contribution < -0.4 is 5.32 Å². The molecule has 1 unspecified atom stereocenters. The summed E-state index contributed by atoms with van der Waals surface area (Å²) in [6, 6.07) is 10.6. The second-order valence-corrected chi connectivity index (χ2v) is 8.15. The molecule has 5 rings (SSSR count). The van der Waals surface area contributed by atoms with E-state index in [1.165, 1.54) is 21.6 Å². The molecular formula is C23H21N3O4. The first-order chi connectivity index (χ1) is 14.4. The quantitative estimate of drug-likeness (QED) is 0.776. The van der Waals surface area contributed by atoms with E-state index in [2.05, 4.69) is 24.4 Å². The Morgan fingerprint density at radius 3 is 2.63 bits per heavy atom. The first kappa shape index (κ1) is 18.5. The van der Waals surface area contributed by atoms with Crippen LogP contribution in [0.4, 0.5) is 0 Å². The van der Waals surface area contributed by atoms with E-state index in [0.29, 0.717) is 30.6 Å². The molecule has 30 heavy (non-hydrogen) atoms. The topological polar surface area (TPSA) is 86.8 Å². The van der Waals surface area contributed by atoms with E-state index in [0.717, 1.165) is 5.56 Å². The van der Waals surface area contributed by atoms with E-state index in [9.17, 15) is 19.2 Å². The molecule has 1 N–H and O–H groups in total. The molecule has 1 fully saturated rings. The highest BCUT2D eigenvalue weighted by Crippen LogP contribution is 2.30. The van der Waals surface area contributed by atoms with Crippen LogP contribution >= 0.6 is 0 Å². The van der Waals surface area contributed by atoms with Crippen molar-refractivity contribution in [2.24, 2.45) is 0 Å². The van der Waals surface area contributed by atoms with Crippen molar-refractivity contribution in [2.45, 2.75) is 45.4 Å². The minimum Gasteiger partial charge on any atom is -0.330 e. The number of fused-ring (bicyclic) bond motifs is 2. The monoisotopic (exact) mass is 403 g/mol. The predicted molar refractivity (Wildman–Crippen MR) is 107 cm³/mol. The summed E-state index contributed by atoms with van der Waals surface area (Å²) < 4.78 is 0. The van der Waals surface area contributed by atoms with Crippen molar-refractivity contribution in [1.82, 2.24) is 15.1 Å². The van der Waals surface area contributed by atoms with Crippen LogP contribution in [-0.4, -0.2) is 39.5 Å². The Labute approximate surface area is 173 Å². The van der Waals surface area contributed by atoms with Crippen LogP contribution in [0.2, 0.25) is 0 Å². The van der Waals surface area contributed by atoms with Crippen molar-refractivity contribution in [3.8, 4) is 0 Å². The van der Waals surface area contributed by atoms with Crippen molar-refractivity contribution < 1.29 is 19.2 Å². The van der Waals surface area contributed by atoms with Gasteiger partial charge in [-0.25, -0.2) is 0 Å². The first-order valence-corrected chi connectivity index (χ1v) is 10.1. The molecule has 0 spiro atoms. The Kier molecular flexibility index (Phi) is 4.20. The molecule has 0 bridgehead atoms. The summed E-state index contributed by atoms with van der Waals surface area (Å²) in [5, 5.41) is 2.30. The van der Waals surface area contributed by atoms with E-state index in [-0.39, 0.29) is 30.7 Å². The molecule has 0 radical (unpaired) electrons. The maximum absolute atomic E-state index is 13.1. The molecule has 2 aromatic carbocycles. The van der Waals surface area contributed by atoms with E-state index >= 15 is 0 Å². The van der Waals surface area contributed by atoms with E-state index in [4.69, 9.17) is 0 Å². The lowest BCUT2D eigenvalue weighted by Gasteiger charge is -2.29. The van der Waals surface area contributed by atoms with Crippen LogP contribution in [0.15, 0.2) is 36.4 Å². The lowest BCUT2D eigenvalue weighted by molar-refractivity contribution is -0.136. The van der Waals surface area contributed by atoms with E-state index < -0.39 is 11.9 Å². The number of carbonyl (C=O) groups is 4. The van der Waals surface area contributed by atoms with Crippen LogP contribution in [0.1, 0.15) is 55.8 Å². The van der Waals surface area contributed by atoms with Crippen molar-refractivity contribution in [2.75, 3.05) is 0 Å². The number of amides is 4. The SMILES string of the molecule is Cc1cccc2c1CN(C(=O)c1ccc3c(c1)CN(C1CCC(=O)NC1=O)C3=O)C2. The maximum atomic E-state index is 13.1. The van der Waals surface area contributed by atoms with Gasteiger partial charge in [-0.15, -0.1) is 0 Å². The Morgan fingerprint density at radius 2 is 1.87 bits per heavy atom. The van der Waals surface area contributed by atoms with E-state index in [1.54, 1.807) is 18.2 Å². The van der Waals surface area contributed by atoms with Gasteiger partial charge in [0.25, 0.3) is 11.8 Å². The fraction of sp³-hybridized carbons (Fsp3) is 0.304. The highest BCUT2D eigenvalue weighted by molar-refractivity contribution is 6.06. The lowest BCUT2D eigenvalue weighted by atomic mass is 10.0. The summed E-state index contributed by atoms with van der Waals surface area (Å²) in [5.41, 5.74) is 5.34. The normalized spacial score (nSPS) is 20.3. The standard InChI is InChI=1S/C23H21N3O4/c1-13-3-2-4-15-10-25(12-18(13)15)22(29)14-5-6-17-16(9-14)11-26(23(17)30)19-7-8-20(27)24-21(19)28/h2-6,9,19H,7-8,10-12H2,1H3,(H,24,27,28). The van der Waals surface area contributed by atoms with Gasteiger partial charge in [-0.05, 0) is 53.8 Å². The van der Waals surface area contributed by atoms with Gasteiger partial charge in [-0.1, -0.05) is 18.2 Å². The molecule has 1 atom stereocenters. The highest BCUT2D eigenvalue weighted by Gasteiger charge is 2.39. The van der Waals surface area contributed by atoms with Gasteiger partial charge in [-0.3, -0.25) is 24.5 Å². The zero-order valence-corrected chi connectivity index (χ0v) is 16.6. The zero-order chi connectivity index (χ0) is 21.0. The number of nitrogens with one attached hydrogen (secondary N) is 1. The highest BCUT2D eigenvalue weighted by atomic mass is 16.2. The number of rotatable bonds is 2. The summed E-state index contributed by atoms with van der Waals surface area (Å²) in [6.45, 7) is 3.48. The van der Waals surface area contributed by atoms with Crippen molar-refractivity contribution >= 4 is 23.6 Å². The maximum Gasteiger partial charge on any atom is 0.255 e. The molecule has 0 aromatic heterocycles. The summed E-state index contributed by atoms with van der Waals surface area (Å²) in [5.74, 6) is -1.05. The minimum atomic E-state index is -0.655. The predicted octanol–water partition coefficient (Wildman–Crippen LogP) is 1.91. The fourth-order valence-corrected chi connectivity index (χ4v) is 4.62. The van der Waals surface area contributed by atoms with Gasteiger partial charge in [0.05, 0.1) is 0 Å². The molecule has 2 aromatic rings. The van der Waals surface area contributed by atoms with Gasteiger partial charge in [0, 0.05) is 37.2 Å². The Balaban J connectivity index is 1.36. The molecule has 0 saturated carbocycles. The van der Waals surface area contributed by atoms with Crippen LogP contribution in [0, 0.1) is 6.92 Å². The van der Waals surface area contributed by atoms with E-state index in [1.807, 2.05) is 11.0 Å². The number of piperidine rings is 1. The second kappa shape index (κ2) is 6.79. The number of hydrogen-bond donors (Lipinski definition) is 1. The molecular weight excluding hydrogens is 382 g/mol. The Morgan fingerprint density at radius 1 is 1.03 bits per heavy atom. The third-order valence-electron chi connectivity index (χ3n) is 6.28. The number of benzene rings is 2. The van der Waals surface area contributed by atoms with Gasteiger partial charge < -0.3 is 9.80 Å². The number of imide groups is 1. The van der Waals surface area contributed by atoms with Gasteiger partial charge in [-0.2, -0.15) is 0 Å². The van der Waals surface area contributed by atoms with Gasteiger partial charge in [0.1, 0.15) is 6.04 Å². The molecule has 3 aliphatic heterocycles. The minimum absolute atomic E-state index is 0.0692. The average Bonchev–Trinajstić information content (AvgIpc) is 3.30. The van der Waals surface area contributed by atoms with Crippen LogP contribution in [-0.2, 0) is 29.2 Å². The molecule has 3 aliphatic rings. The number of nitrogens with zero attached hydrogens (tertiary/aromatic N) is 2. The third-order valence-corrected chi connectivity index (χ3v) is 6.28. The smallest absolute Gasteiger partial charge is 0.255 e. The number of aryl methyl sites for hydroxylation is 1. The van der Waals surface area contributed by atoms with Crippen molar-refractivity contribution in [3.05, 3.63) is 69.8 Å². The molecule has 3 heterocycles. The molecule has 7 heteroatoms. The van der Waals surface area contributed by atoms with Gasteiger partial charge in [0.15, 0.2) is 0 Å². The summed E-state index contributed by atoms with van der Waals surface area (Å²) >= 11 is 0. The molecule has 4 amide bonds. The van der Waals surface area contributed by atoms with Crippen LogP contribution in [0.5, 0.6) is 0 Å². The Bertz CT molecular complexity index is 1120. The summed E-state index contributed by atoms with van der Waals surface area (Å²) in [7, 11) is 0. The zero-order valence-electron chi connectivity index (χ0n) is 16.6. The Hall–Kier alpha value is -3.48. The van der Waals surface area contributed by atoms with Crippen molar-refractivity contribution in [3.63, 3.8) is 0 Å². The molecule has 1 saturated heterocycles. The first-order valence-electron chi connectivity index (χ1n) is 10.1. The lowest BCUT2D eigenvalue weighted by Crippen LogP contribution is -2.52. The molecule has 0 aliphatic carbocycles. The third kappa shape index (κ3) is 2.89. The van der Waals surface area contributed by atoms with Gasteiger partial charge >= 0.3 is 0 Å².